The molecule has 2 saturated heterocycles. The van der Waals surface area contributed by atoms with Crippen LogP contribution >= 0.6 is 0 Å². The Balaban J connectivity index is 0.000000124. The first-order valence-corrected chi connectivity index (χ1v) is 27.7. The predicted octanol–water partition coefficient (Wildman–Crippen LogP) is 12.3. The lowest BCUT2D eigenvalue weighted by Crippen LogP contribution is -2.32. The first kappa shape index (κ1) is 54.7. The zero-order valence-corrected chi connectivity index (χ0v) is 46.9. The van der Waals surface area contributed by atoms with Gasteiger partial charge in [0.2, 0.25) is 24.8 Å². The Bertz CT molecular complexity index is 4060. The van der Waals surface area contributed by atoms with Crippen molar-refractivity contribution < 1.29 is 63.0 Å². The molecule has 0 bridgehead atoms. The van der Waals surface area contributed by atoms with Crippen molar-refractivity contribution in [3.63, 3.8) is 0 Å². The van der Waals surface area contributed by atoms with Crippen molar-refractivity contribution >= 4 is 62.2 Å². The summed E-state index contributed by atoms with van der Waals surface area (Å²) in [4.78, 5) is 25.3. The lowest BCUT2D eigenvalue weighted by molar-refractivity contribution is -0.646. The van der Waals surface area contributed by atoms with Crippen LogP contribution in [-0.2, 0) is 22.9 Å². The molecule has 0 amide bonds. The van der Waals surface area contributed by atoms with Crippen molar-refractivity contribution in [2.24, 2.45) is 18.9 Å². The fraction of sp³-hybridized carbons (Fsp3) is 0.203. The molecule has 8 aromatic carbocycles. The van der Waals surface area contributed by atoms with E-state index in [0.717, 1.165) is 34.1 Å². The quantitative estimate of drug-likeness (QED) is 0.110. The van der Waals surface area contributed by atoms with E-state index in [0.29, 0.717) is 46.6 Å². The van der Waals surface area contributed by atoms with E-state index in [2.05, 4.69) is 140 Å². The molecule has 0 radical (unpaired) electrons. The third-order valence-corrected chi connectivity index (χ3v) is 16.4. The number of nitrogens with zero attached hydrogens (tertiary/aromatic N) is 3. The summed E-state index contributed by atoms with van der Waals surface area (Å²) >= 11 is 0. The van der Waals surface area contributed by atoms with Gasteiger partial charge in [-0.1, -0.05) is 84.6 Å². The number of rotatable bonds is 10. The fourth-order valence-electron chi connectivity index (χ4n) is 12.0. The second kappa shape index (κ2) is 22.8. The maximum Gasteiger partial charge on any atom is 0.339 e. The van der Waals surface area contributed by atoms with E-state index in [9.17, 15) is 30.0 Å². The number of aromatic carboxylic acids is 2. The highest BCUT2D eigenvalue weighted by Crippen LogP contribution is 2.52. The molecule has 4 aliphatic heterocycles. The molecule has 424 valence electrons. The van der Waals surface area contributed by atoms with Gasteiger partial charge in [0.15, 0.2) is 23.0 Å². The molecule has 6 heterocycles. The third-order valence-electron chi connectivity index (χ3n) is 16.4. The van der Waals surface area contributed by atoms with E-state index in [1.165, 1.54) is 57.1 Å². The Morgan fingerprint density at radius 1 is 0.619 bits per heavy atom. The van der Waals surface area contributed by atoms with Crippen LogP contribution in [0.5, 0.6) is 34.5 Å². The van der Waals surface area contributed by atoms with Crippen molar-refractivity contribution in [2.45, 2.75) is 32.5 Å². The van der Waals surface area contributed by atoms with Crippen LogP contribution in [0.4, 0.5) is 5.69 Å². The highest BCUT2D eigenvalue weighted by molar-refractivity contribution is 6.02. The van der Waals surface area contributed by atoms with E-state index in [1.807, 2.05) is 24.3 Å². The van der Waals surface area contributed by atoms with Gasteiger partial charge in [0.1, 0.15) is 18.4 Å². The second-order valence-corrected chi connectivity index (χ2v) is 21.6. The maximum atomic E-state index is 12.9. The van der Waals surface area contributed by atoms with Gasteiger partial charge in [-0.15, -0.1) is 0 Å². The summed E-state index contributed by atoms with van der Waals surface area (Å²) < 4.78 is 38.7. The van der Waals surface area contributed by atoms with Gasteiger partial charge in [0.05, 0.1) is 31.0 Å². The second-order valence-electron chi connectivity index (χ2n) is 21.6. The molecule has 4 unspecified atom stereocenters. The van der Waals surface area contributed by atoms with E-state index in [1.54, 1.807) is 48.5 Å². The van der Waals surface area contributed by atoms with Crippen LogP contribution in [0.3, 0.4) is 0 Å². The number of carboxylic acids is 2. The predicted molar refractivity (Wildman–Crippen MR) is 319 cm³/mol. The molecule has 4 aliphatic rings. The molecule has 2 aromatic heterocycles. The Kier molecular flexibility index (Phi) is 14.9. The third kappa shape index (κ3) is 10.4. The van der Waals surface area contributed by atoms with Gasteiger partial charge in [0.25, 0.3) is 0 Å². The van der Waals surface area contributed by atoms with Crippen LogP contribution in [0.15, 0.2) is 164 Å². The molecule has 14 rings (SSSR count). The fourth-order valence-corrected chi connectivity index (χ4v) is 12.0. The molecular formula is C69H61N3O12. The zero-order chi connectivity index (χ0) is 58.3. The van der Waals surface area contributed by atoms with Gasteiger partial charge in [0, 0.05) is 84.3 Å². The number of anilines is 1. The molecular weight excluding hydrogens is 1060 g/mol. The first-order chi connectivity index (χ1) is 40.7. The number of fused-ring (bicyclic) bond motifs is 6. The zero-order valence-electron chi connectivity index (χ0n) is 46.9. The number of pyridine rings is 1. The lowest BCUT2D eigenvalue weighted by atomic mass is 9.85. The highest BCUT2D eigenvalue weighted by atomic mass is 16.7. The lowest BCUT2D eigenvalue weighted by Gasteiger charge is -2.21. The van der Waals surface area contributed by atoms with E-state index >= 15 is 0 Å². The molecule has 0 aliphatic carbocycles. The van der Waals surface area contributed by atoms with E-state index < -0.39 is 23.4 Å². The number of hydrogen-bond acceptors (Lipinski definition) is 11. The first-order valence-electron chi connectivity index (χ1n) is 27.7. The minimum absolute atomic E-state index is 0.0218. The van der Waals surface area contributed by atoms with Crippen molar-refractivity contribution in [1.29, 1.82) is 0 Å². The van der Waals surface area contributed by atoms with Crippen LogP contribution in [0.2, 0.25) is 0 Å². The number of aromatic hydroxyl groups is 1. The van der Waals surface area contributed by atoms with Crippen LogP contribution < -0.4 is 33.5 Å². The van der Waals surface area contributed by atoms with E-state index in [4.69, 9.17) is 28.4 Å². The summed E-state index contributed by atoms with van der Waals surface area (Å²) in [5.74, 6) is 0.115. The number of para-hydroxylation sites is 1. The minimum atomic E-state index is -1.34. The average Bonchev–Trinajstić information content (AvgIpc) is 3.57. The van der Waals surface area contributed by atoms with Crippen molar-refractivity contribution in [1.82, 2.24) is 4.57 Å². The van der Waals surface area contributed by atoms with Crippen LogP contribution in [0.1, 0.15) is 77.8 Å². The van der Waals surface area contributed by atoms with Gasteiger partial charge in [-0.05, 0) is 137 Å². The Morgan fingerprint density at radius 3 is 1.77 bits per heavy atom. The molecule has 10 aromatic rings. The number of carboxylic acid groups (broad SMARTS) is 2. The van der Waals surface area contributed by atoms with E-state index in [-0.39, 0.29) is 54.5 Å². The SMILES string of the molecule is Cc1cc(C=Cc2ccc3cc(N(C)C)ccc3[n+]2C)c(C)n1-c1ccccc1.O=C(O)c1cc2ccccc2c(Cc2c(O)c(C(=O)O)cc3ccccc23)c1[O-].c1cc2c(cc1C1OCC3C(c4ccc5c(c4)OCO5)OCC13)OCO2. The Morgan fingerprint density at radius 2 is 1.18 bits per heavy atom. The maximum absolute atomic E-state index is 12.9. The summed E-state index contributed by atoms with van der Waals surface area (Å²) in [6, 6.07) is 52.4. The Labute approximate surface area is 484 Å². The summed E-state index contributed by atoms with van der Waals surface area (Å²) in [7, 11) is 6.28. The van der Waals surface area contributed by atoms with Gasteiger partial charge in [-0.3, -0.25) is 0 Å². The smallest absolute Gasteiger partial charge is 0.339 e. The van der Waals surface area contributed by atoms with Crippen molar-refractivity contribution in [2.75, 3.05) is 45.8 Å². The number of ether oxygens (including phenoxy) is 6. The number of carbonyl (C=O) groups is 2. The number of aryl methyl sites for hydroxylation is 2. The van der Waals surface area contributed by atoms with Gasteiger partial charge in [-0.2, -0.15) is 4.57 Å². The number of phenols is 1. The molecule has 4 atom stereocenters. The molecule has 0 saturated carbocycles. The molecule has 3 N–H and O–H groups in total. The highest BCUT2D eigenvalue weighted by Gasteiger charge is 2.48. The molecule has 0 spiro atoms. The largest absolute Gasteiger partial charge is 0.872 e. The molecule has 84 heavy (non-hydrogen) atoms. The van der Waals surface area contributed by atoms with Crippen LogP contribution in [0, 0.1) is 25.7 Å². The number of benzene rings is 8. The standard InChI is InChI=1S/C26H28N3.C23H16O6.C20H18O6/c1-19-17-21(20(2)29(19)24-9-7-6-8-10-24)11-13-23-14-12-22-18-25(27(3)4)15-16-26(22)28(23)5;24-20-16(14-7-3-1-5-12(14)9-18(20)22(26)27)11-17-15-8-4-2-6-13(15)10-19(21(17)25)23(28)29;1-3-15-17(25-9-23-15)5-11(1)19-13-7-22-20(14(13)8-21-19)12-2-4-16-18(6-12)26-10-24-16/h6-18H,1-5H3;1-10,24-25H,11H2,(H,26,27)(H,28,29);1-6,13-14,19-20H,7-10H2/q+1;;/p-1. The Hall–Kier alpha value is -9.83. The average molecular weight is 1120 g/mol. The minimum Gasteiger partial charge on any atom is -0.872 e. The molecule has 15 nitrogen and oxygen atoms in total. The normalized spacial score (nSPS) is 17.2. The van der Waals surface area contributed by atoms with Crippen LogP contribution in [-0.4, -0.2) is 72.7 Å². The summed E-state index contributed by atoms with van der Waals surface area (Å²) in [5.41, 5.74) is 10.6. The summed E-state index contributed by atoms with van der Waals surface area (Å²) in [6.45, 7) is 6.28. The number of aromatic nitrogens is 2. The number of hydrogen-bond donors (Lipinski definition) is 3. The van der Waals surface area contributed by atoms with Gasteiger partial charge in [-0.25, -0.2) is 9.59 Å². The van der Waals surface area contributed by atoms with Crippen molar-refractivity contribution in [3.8, 4) is 40.2 Å². The molecule has 15 heteroatoms. The van der Waals surface area contributed by atoms with Crippen LogP contribution in [0.25, 0.3) is 50.3 Å². The monoisotopic (exact) mass is 1120 g/mol. The van der Waals surface area contributed by atoms with Crippen molar-refractivity contribution in [3.05, 3.63) is 220 Å². The summed E-state index contributed by atoms with van der Waals surface area (Å²) in [5, 5.41) is 46.1. The van der Waals surface area contributed by atoms with Gasteiger partial charge >= 0.3 is 11.9 Å². The molecule has 2 fully saturated rings. The van der Waals surface area contributed by atoms with Gasteiger partial charge < -0.3 is 58.3 Å². The topological polar surface area (TPSA) is 185 Å². The summed E-state index contributed by atoms with van der Waals surface area (Å²) in [6.07, 6.45) is 4.36.